The smallest absolute Gasteiger partial charge is 0.277 e. The van der Waals surface area contributed by atoms with Gasteiger partial charge in [0.15, 0.2) is 0 Å². The van der Waals surface area contributed by atoms with Crippen LogP contribution in [-0.2, 0) is 20.4 Å². The van der Waals surface area contributed by atoms with Crippen LogP contribution in [0.4, 0.5) is 0 Å². The lowest BCUT2D eigenvalue weighted by atomic mass is 9.68. The van der Waals surface area contributed by atoms with Crippen molar-refractivity contribution in [3.05, 3.63) is 65.7 Å². The third kappa shape index (κ3) is 6.61. The Morgan fingerprint density at radius 3 is 2.46 bits per heavy atom. The Morgan fingerprint density at radius 2 is 1.77 bits per heavy atom. The van der Waals surface area contributed by atoms with E-state index in [1.54, 1.807) is 19.2 Å². The maximum atomic E-state index is 13.0. The van der Waals surface area contributed by atoms with E-state index in [9.17, 15) is 13.2 Å². The van der Waals surface area contributed by atoms with Gasteiger partial charge in [-0.05, 0) is 56.2 Å². The standard InChI is InChI=1S/C26H35N3O5S/c1-33-24-12-6-5-11-23(24)25(30)27-19-26(20-8-3-2-4-9-20)15-13-21(14-16-26)29-35(31,32)28-18-22-10-7-17-34-22/h2-6,8-9,11-12,21-22,28-29H,7,10,13-19H2,1H3,(H,27,30). The number of benzene rings is 2. The highest BCUT2D eigenvalue weighted by molar-refractivity contribution is 7.87. The van der Waals surface area contributed by atoms with Crippen molar-refractivity contribution in [1.82, 2.24) is 14.8 Å². The second-order valence-electron chi connectivity index (χ2n) is 9.41. The Kier molecular flexibility index (Phi) is 8.43. The molecule has 1 heterocycles. The molecule has 0 spiro atoms. The molecule has 2 aromatic carbocycles. The molecular weight excluding hydrogens is 466 g/mol. The van der Waals surface area contributed by atoms with Gasteiger partial charge in [0, 0.05) is 31.2 Å². The predicted molar refractivity (Wildman–Crippen MR) is 135 cm³/mol. The van der Waals surface area contributed by atoms with E-state index < -0.39 is 10.2 Å². The van der Waals surface area contributed by atoms with E-state index in [2.05, 4.69) is 26.9 Å². The average Bonchev–Trinajstić information content (AvgIpc) is 3.41. The van der Waals surface area contributed by atoms with Crippen molar-refractivity contribution in [1.29, 1.82) is 0 Å². The van der Waals surface area contributed by atoms with Crippen LogP contribution in [0.15, 0.2) is 54.6 Å². The summed E-state index contributed by atoms with van der Waals surface area (Å²) in [5.74, 6) is 0.353. The van der Waals surface area contributed by atoms with Crippen LogP contribution in [0.25, 0.3) is 0 Å². The molecule has 0 bridgehead atoms. The molecule has 3 N–H and O–H groups in total. The quantitative estimate of drug-likeness (QED) is 0.464. The monoisotopic (exact) mass is 501 g/mol. The molecule has 2 aliphatic rings. The largest absolute Gasteiger partial charge is 0.496 e. The first kappa shape index (κ1) is 25.6. The number of methoxy groups -OCH3 is 1. The summed E-state index contributed by atoms with van der Waals surface area (Å²) in [6, 6.07) is 17.2. The summed E-state index contributed by atoms with van der Waals surface area (Å²) in [6.45, 7) is 1.45. The van der Waals surface area contributed by atoms with Crippen molar-refractivity contribution in [3.8, 4) is 5.75 Å². The number of carbonyl (C=O) groups is 1. The molecule has 2 aromatic rings. The zero-order chi connectivity index (χ0) is 24.7. The van der Waals surface area contributed by atoms with Gasteiger partial charge in [-0.15, -0.1) is 0 Å². The number of hydrogen-bond donors (Lipinski definition) is 3. The topological polar surface area (TPSA) is 106 Å². The predicted octanol–water partition coefficient (Wildman–Crippen LogP) is 2.91. The highest BCUT2D eigenvalue weighted by atomic mass is 32.2. The lowest BCUT2D eigenvalue weighted by Gasteiger charge is -2.41. The molecular formula is C26H35N3O5S. The van der Waals surface area contributed by atoms with Gasteiger partial charge in [-0.3, -0.25) is 4.79 Å². The van der Waals surface area contributed by atoms with E-state index in [1.807, 2.05) is 30.3 Å². The van der Waals surface area contributed by atoms with E-state index in [0.717, 1.165) is 31.2 Å². The van der Waals surface area contributed by atoms with Crippen molar-refractivity contribution in [3.63, 3.8) is 0 Å². The minimum Gasteiger partial charge on any atom is -0.496 e. The van der Waals surface area contributed by atoms with Crippen molar-refractivity contribution in [2.45, 2.75) is 56.1 Å². The van der Waals surface area contributed by atoms with E-state index in [0.29, 0.717) is 43.9 Å². The third-order valence-corrected chi connectivity index (χ3v) is 8.30. The molecule has 9 heteroatoms. The zero-order valence-electron chi connectivity index (χ0n) is 20.2. The molecule has 8 nitrogen and oxygen atoms in total. The summed E-state index contributed by atoms with van der Waals surface area (Å²) in [5.41, 5.74) is 1.38. The summed E-state index contributed by atoms with van der Waals surface area (Å²) in [7, 11) is -2.05. The van der Waals surface area contributed by atoms with Gasteiger partial charge < -0.3 is 14.8 Å². The number of hydrogen-bond acceptors (Lipinski definition) is 5. The molecule has 1 aliphatic heterocycles. The second-order valence-corrected chi connectivity index (χ2v) is 10.9. The Balaban J connectivity index is 1.39. The first-order chi connectivity index (χ1) is 16.9. The third-order valence-electron chi connectivity index (χ3n) is 7.11. The molecule has 1 saturated heterocycles. The molecule has 4 rings (SSSR count). The molecule has 0 radical (unpaired) electrons. The van der Waals surface area contributed by atoms with Crippen LogP contribution in [0.3, 0.4) is 0 Å². The summed E-state index contributed by atoms with van der Waals surface area (Å²) in [5, 5.41) is 3.11. The average molecular weight is 502 g/mol. The fourth-order valence-corrected chi connectivity index (χ4v) is 6.26. The number of carbonyl (C=O) groups excluding carboxylic acids is 1. The lowest BCUT2D eigenvalue weighted by molar-refractivity contribution is 0.0932. The maximum absolute atomic E-state index is 13.0. The van der Waals surface area contributed by atoms with Gasteiger partial charge in [-0.25, -0.2) is 0 Å². The maximum Gasteiger partial charge on any atom is 0.277 e. The van der Waals surface area contributed by atoms with E-state index in [4.69, 9.17) is 9.47 Å². The first-order valence-electron chi connectivity index (χ1n) is 12.3. The Bertz CT molecular complexity index is 1080. The van der Waals surface area contributed by atoms with E-state index in [1.165, 1.54) is 0 Å². The van der Waals surface area contributed by atoms with Gasteiger partial charge in [0.25, 0.3) is 16.1 Å². The fraction of sp³-hybridized carbons (Fsp3) is 0.500. The minimum absolute atomic E-state index is 0.0458. The molecule has 1 unspecified atom stereocenters. The highest BCUT2D eigenvalue weighted by Gasteiger charge is 2.38. The lowest BCUT2D eigenvalue weighted by Crippen LogP contribution is -2.50. The van der Waals surface area contributed by atoms with E-state index in [-0.39, 0.29) is 23.5 Å². The van der Waals surface area contributed by atoms with Crippen LogP contribution in [-0.4, -0.2) is 53.3 Å². The molecule has 1 saturated carbocycles. The normalized spacial score (nSPS) is 24.7. The number of amides is 1. The number of para-hydroxylation sites is 1. The highest BCUT2D eigenvalue weighted by Crippen LogP contribution is 2.39. The van der Waals surface area contributed by atoms with Crippen LogP contribution in [0.1, 0.15) is 54.4 Å². The minimum atomic E-state index is -3.60. The molecule has 35 heavy (non-hydrogen) atoms. The van der Waals surface area contributed by atoms with Crippen LogP contribution in [0, 0.1) is 0 Å². The van der Waals surface area contributed by atoms with Gasteiger partial charge in [-0.1, -0.05) is 42.5 Å². The van der Waals surface area contributed by atoms with E-state index >= 15 is 0 Å². The van der Waals surface area contributed by atoms with Crippen molar-refractivity contribution in [2.24, 2.45) is 0 Å². The molecule has 1 atom stereocenters. The van der Waals surface area contributed by atoms with Crippen molar-refractivity contribution in [2.75, 3.05) is 26.8 Å². The second kappa shape index (κ2) is 11.5. The van der Waals surface area contributed by atoms with Gasteiger partial charge in [0.2, 0.25) is 0 Å². The molecule has 1 aliphatic carbocycles. The first-order valence-corrected chi connectivity index (χ1v) is 13.7. The van der Waals surface area contributed by atoms with Crippen LogP contribution in [0.5, 0.6) is 5.75 Å². The van der Waals surface area contributed by atoms with Crippen LogP contribution >= 0.6 is 0 Å². The zero-order valence-corrected chi connectivity index (χ0v) is 21.0. The molecule has 2 fully saturated rings. The van der Waals surface area contributed by atoms with Crippen molar-refractivity contribution >= 4 is 16.1 Å². The summed E-state index contributed by atoms with van der Waals surface area (Å²) in [6.07, 6.45) is 4.67. The van der Waals surface area contributed by atoms with Crippen LogP contribution < -0.4 is 19.5 Å². The number of nitrogens with one attached hydrogen (secondary N) is 3. The summed E-state index contributed by atoms with van der Waals surface area (Å²) < 4.78 is 41.4. The molecule has 1 amide bonds. The molecule has 190 valence electrons. The molecule has 0 aromatic heterocycles. The number of ether oxygens (including phenoxy) is 2. The fourth-order valence-electron chi connectivity index (χ4n) is 5.09. The van der Waals surface area contributed by atoms with Gasteiger partial charge in [0.1, 0.15) is 5.75 Å². The van der Waals surface area contributed by atoms with Gasteiger partial charge in [0.05, 0.1) is 18.8 Å². The van der Waals surface area contributed by atoms with Gasteiger partial charge in [-0.2, -0.15) is 17.9 Å². The van der Waals surface area contributed by atoms with Crippen LogP contribution in [0.2, 0.25) is 0 Å². The van der Waals surface area contributed by atoms with Crippen molar-refractivity contribution < 1.29 is 22.7 Å². The van der Waals surface area contributed by atoms with Gasteiger partial charge >= 0.3 is 0 Å². The Labute approximate surface area is 208 Å². The SMILES string of the molecule is COc1ccccc1C(=O)NCC1(c2ccccc2)CCC(NS(=O)(=O)NCC2CCCO2)CC1. The summed E-state index contributed by atoms with van der Waals surface area (Å²) >= 11 is 0. The summed E-state index contributed by atoms with van der Waals surface area (Å²) in [4.78, 5) is 13.0. The Morgan fingerprint density at radius 1 is 1.06 bits per heavy atom. The number of rotatable bonds is 10. The Hall–Kier alpha value is -2.46.